The highest BCUT2D eigenvalue weighted by atomic mass is 31.2. The van der Waals surface area contributed by atoms with Gasteiger partial charge in [-0.2, -0.15) is 0 Å². The summed E-state index contributed by atoms with van der Waals surface area (Å²) in [6, 6.07) is 0. The van der Waals surface area contributed by atoms with E-state index in [9.17, 15) is 43.2 Å². The standard InChI is InChI=1S/C92H180O17P2/c1-6-9-12-15-18-21-24-27-30-33-36-39-40-43-46-49-52-55-58-61-67-72-77-91(96)108-87(81-102-89(94)75-70-65-59-56-53-50-47-44-41-37-34-31-28-25-22-19-16-13-10-7-2)83-106-110(98,99)104-79-86(93)80-105-111(100,101)107-84-88(82-103-90(95)76-71-66-63-62-64-69-74-85(4)5)109-92(97)78-73-68-60-57-54-51-48-45-42-38-35-32-29-26-23-20-17-14-11-8-3/h85-88,93H,6-84H2,1-5H3,(H,98,99)(H,100,101)/t86-,87-,88-/m1/s1. The van der Waals surface area contributed by atoms with Gasteiger partial charge in [0, 0.05) is 25.7 Å². The van der Waals surface area contributed by atoms with E-state index in [0.717, 1.165) is 96.3 Å². The second-order valence-corrected chi connectivity index (χ2v) is 36.4. The maximum atomic E-state index is 13.2. The molecule has 0 aliphatic heterocycles. The third kappa shape index (κ3) is 85.8. The number of unbranched alkanes of at least 4 members (excludes halogenated alkanes) is 64. The van der Waals surface area contributed by atoms with Gasteiger partial charge in [0.2, 0.25) is 0 Å². The molecule has 660 valence electrons. The molecule has 0 aliphatic rings. The van der Waals surface area contributed by atoms with Crippen LogP contribution in [0.3, 0.4) is 0 Å². The summed E-state index contributed by atoms with van der Waals surface area (Å²) >= 11 is 0. The highest BCUT2D eigenvalue weighted by molar-refractivity contribution is 7.47. The first-order valence-electron chi connectivity index (χ1n) is 47.6. The summed E-state index contributed by atoms with van der Waals surface area (Å²) in [6.45, 7) is 7.31. The molecule has 2 unspecified atom stereocenters. The van der Waals surface area contributed by atoms with Crippen LogP contribution < -0.4 is 0 Å². The molecule has 0 amide bonds. The van der Waals surface area contributed by atoms with Crippen LogP contribution in [0.1, 0.15) is 503 Å². The van der Waals surface area contributed by atoms with Crippen molar-refractivity contribution in [3.05, 3.63) is 0 Å². The first kappa shape index (κ1) is 109. The Balaban J connectivity index is 5.18. The molecule has 0 bridgehead atoms. The van der Waals surface area contributed by atoms with Crippen molar-refractivity contribution in [1.82, 2.24) is 0 Å². The number of ether oxygens (including phenoxy) is 4. The van der Waals surface area contributed by atoms with Crippen LogP contribution in [-0.4, -0.2) is 96.7 Å². The van der Waals surface area contributed by atoms with Crippen molar-refractivity contribution in [3.63, 3.8) is 0 Å². The van der Waals surface area contributed by atoms with Gasteiger partial charge in [-0.15, -0.1) is 0 Å². The van der Waals surface area contributed by atoms with E-state index < -0.39 is 97.5 Å². The van der Waals surface area contributed by atoms with Gasteiger partial charge in [0.25, 0.3) is 0 Å². The number of aliphatic hydroxyl groups excluding tert-OH is 1. The molecule has 17 nitrogen and oxygen atoms in total. The Labute approximate surface area is 683 Å². The molecule has 5 atom stereocenters. The van der Waals surface area contributed by atoms with Crippen molar-refractivity contribution in [3.8, 4) is 0 Å². The Kier molecular flexibility index (Phi) is 83.0. The lowest BCUT2D eigenvalue weighted by molar-refractivity contribution is -0.161. The largest absolute Gasteiger partial charge is 0.472 e. The minimum absolute atomic E-state index is 0.108. The lowest BCUT2D eigenvalue weighted by Crippen LogP contribution is -2.30. The number of carbonyl (C=O) groups is 4. The highest BCUT2D eigenvalue weighted by Gasteiger charge is 2.31. The minimum atomic E-state index is -4.97. The molecule has 0 spiro atoms. The van der Waals surface area contributed by atoms with Gasteiger partial charge >= 0.3 is 39.5 Å². The first-order valence-corrected chi connectivity index (χ1v) is 50.6. The van der Waals surface area contributed by atoms with Crippen LogP contribution in [0.2, 0.25) is 0 Å². The monoisotopic (exact) mass is 1620 g/mol. The minimum Gasteiger partial charge on any atom is -0.462 e. The van der Waals surface area contributed by atoms with Gasteiger partial charge in [0.05, 0.1) is 26.4 Å². The molecule has 0 aromatic heterocycles. The predicted molar refractivity (Wildman–Crippen MR) is 460 cm³/mol. The second kappa shape index (κ2) is 84.5. The van der Waals surface area contributed by atoms with Crippen LogP contribution in [-0.2, 0) is 65.4 Å². The number of phosphoric acid groups is 2. The SMILES string of the molecule is CCCCCCCCCCCCCCCCCCCCCCCCC(=O)O[C@H](COC(=O)CCCCCCCCCCCCCCCCCCCCCC)COP(=O)(O)OC[C@@H](O)COP(=O)(O)OC[C@@H](COC(=O)CCCCCCCCC(C)C)OC(=O)CCCCCCCCCCCCCCCCCCCCCC. The zero-order valence-corrected chi connectivity index (χ0v) is 74.9. The smallest absolute Gasteiger partial charge is 0.462 e. The molecule has 0 aromatic carbocycles. The lowest BCUT2D eigenvalue weighted by atomic mass is 10.0. The van der Waals surface area contributed by atoms with Gasteiger partial charge in [0.15, 0.2) is 12.2 Å². The molecule has 0 aliphatic carbocycles. The van der Waals surface area contributed by atoms with E-state index >= 15 is 0 Å². The molecule has 111 heavy (non-hydrogen) atoms. The van der Waals surface area contributed by atoms with E-state index in [0.29, 0.717) is 31.6 Å². The van der Waals surface area contributed by atoms with Crippen molar-refractivity contribution in [2.24, 2.45) is 5.92 Å². The lowest BCUT2D eigenvalue weighted by Gasteiger charge is -2.21. The normalized spacial score (nSPS) is 13.7. The Morgan fingerprint density at radius 1 is 0.243 bits per heavy atom. The van der Waals surface area contributed by atoms with E-state index in [1.807, 2.05) is 0 Å². The molecular weight excluding hydrogens is 1440 g/mol. The summed E-state index contributed by atoms with van der Waals surface area (Å²) in [4.78, 5) is 73.4. The fourth-order valence-corrected chi connectivity index (χ4v) is 16.1. The number of carbonyl (C=O) groups excluding carboxylic acids is 4. The molecular formula is C92H180O17P2. The summed E-state index contributed by atoms with van der Waals surface area (Å²) in [5.74, 6) is -1.42. The number of phosphoric ester groups is 2. The van der Waals surface area contributed by atoms with E-state index in [1.54, 1.807) is 0 Å². The van der Waals surface area contributed by atoms with Gasteiger partial charge in [-0.3, -0.25) is 37.3 Å². The van der Waals surface area contributed by atoms with Gasteiger partial charge < -0.3 is 33.8 Å². The fraction of sp³-hybridized carbons (Fsp3) is 0.957. The number of rotatable bonds is 92. The van der Waals surface area contributed by atoms with Crippen LogP contribution in [0.4, 0.5) is 0 Å². The average molecular weight is 1620 g/mol. The summed E-state index contributed by atoms with van der Waals surface area (Å²) in [5, 5.41) is 10.7. The number of aliphatic hydroxyl groups is 1. The molecule has 0 radical (unpaired) electrons. The zero-order valence-electron chi connectivity index (χ0n) is 73.1. The van der Waals surface area contributed by atoms with E-state index in [2.05, 4.69) is 34.6 Å². The maximum absolute atomic E-state index is 13.2. The molecule has 0 saturated carbocycles. The number of hydrogen-bond donors (Lipinski definition) is 3. The highest BCUT2D eigenvalue weighted by Crippen LogP contribution is 2.45. The Morgan fingerprint density at radius 2 is 0.414 bits per heavy atom. The predicted octanol–water partition coefficient (Wildman–Crippen LogP) is 28.7. The van der Waals surface area contributed by atoms with Crippen LogP contribution in [0.15, 0.2) is 0 Å². The van der Waals surface area contributed by atoms with Crippen LogP contribution >= 0.6 is 15.6 Å². The molecule has 19 heteroatoms. The summed E-state index contributed by atoms with van der Waals surface area (Å²) in [5.41, 5.74) is 0. The van der Waals surface area contributed by atoms with Gasteiger partial charge in [-0.05, 0) is 31.6 Å². The molecule has 0 heterocycles. The molecule has 3 N–H and O–H groups in total. The zero-order chi connectivity index (χ0) is 81.1. The third-order valence-electron chi connectivity index (χ3n) is 21.8. The topological polar surface area (TPSA) is 237 Å². The van der Waals surface area contributed by atoms with Gasteiger partial charge in [0.1, 0.15) is 19.3 Å². The van der Waals surface area contributed by atoms with Crippen molar-refractivity contribution in [1.29, 1.82) is 0 Å². The Hall–Kier alpha value is -1.94. The van der Waals surface area contributed by atoms with Gasteiger partial charge in [-0.25, -0.2) is 9.13 Å². The first-order chi connectivity index (χ1) is 54.0. The summed E-state index contributed by atoms with van der Waals surface area (Å²) in [7, 11) is -9.93. The Morgan fingerprint density at radius 3 is 0.613 bits per heavy atom. The van der Waals surface area contributed by atoms with Gasteiger partial charge in [-0.1, -0.05) is 452 Å². The molecule has 0 aromatic rings. The quantitative estimate of drug-likeness (QED) is 0.0222. The Bertz CT molecular complexity index is 2100. The molecule has 0 saturated heterocycles. The van der Waals surface area contributed by atoms with Crippen LogP contribution in [0.25, 0.3) is 0 Å². The molecule has 0 fully saturated rings. The van der Waals surface area contributed by atoms with Crippen LogP contribution in [0, 0.1) is 5.92 Å². The average Bonchev–Trinajstić information content (AvgIpc) is 0.901. The van der Waals surface area contributed by atoms with Crippen LogP contribution in [0.5, 0.6) is 0 Å². The summed E-state index contributed by atoms with van der Waals surface area (Å²) < 4.78 is 69.0. The second-order valence-electron chi connectivity index (χ2n) is 33.5. The van der Waals surface area contributed by atoms with Crippen molar-refractivity contribution >= 4 is 39.5 Å². The summed E-state index contributed by atoms with van der Waals surface area (Å²) in [6.07, 6.45) is 81.1. The van der Waals surface area contributed by atoms with E-state index in [-0.39, 0.29) is 25.7 Å². The molecule has 0 rings (SSSR count). The maximum Gasteiger partial charge on any atom is 0.472 e. The fourth-order valence-electron chi connectivity index (χ4n) is 14.5. The van der Waals surface area contributed by atoms with E-state index in [4.69, 9.17) is 37.0 Å². The van der Waals surface area contributed by atoms with E-state index in [1.165, 1.54) is 321 Å². The van der Waals surface area contributed by atoms with Crippen molar-refractivity contribution in [2.45, 2.75) is 522 Å². The van der Waals surface area contributed by atoms with Crippen molar-refractivity contribution in [2.75, 3.05) is 39.6 Å². The number of esters is 4. The van der Waals surface area contributed by atoms with Crippen molar-refractivity contribution < 1.29 is 80.2 Å². The number of hydrogen-bond acceptors (Lipinski definition) is 15. The third-order valence-corrected chi connectivity index (χ3v) is 23.7.